The summed E-state index contributed by atoms with van der Waals surface area (Å²) in [4.78, 5) is 7.16. The molecule has 8 heteroatoms. The second-order valence-corrected chi connectivity index (χ2v) is 7.78. The SMILES string of the molecule is Fc1cc(OCC2CN(c3c4c(nc5ccnn35)CCNCC4)C2)ccc1Cl. The quantitative estimate of drug-likeness (QED) is 0.728. The zero-order valence-corrected chi connectivity index (χ0v) is 16.1. The first-order chi connectivity index (χ1) is 13.7. The smallest absolute Gasteiger partial charge is 0.157 e. The fourth-order valence-corrected chi connectivity index (χ4v) is 4.09. The summed E-state index contributed by atoms with van der Waals surface area (Å²) >= 11 is 5.72. The van der Waals surface area contributed by atoms with Crippen LogP contribution in [0, 0.1) is 11.7 Å². The van der Waals surface area contributed by atoms with Crippen LogP contribution >= 0.6 is 11.6 Å². The van der Waals surface area contributed by atoms with Crippen molar-refractivity contribution in [3.05, 3.63) is 52.6 Å². The van der Waals surface area contributed by atoms with Gasteiger partial charge in [-0.25, -0.2) is 9.37 Å². The molecule has 0 atom stereocenters. The van der Waals surface area contributed by atoms with Crippen LogP contribution in [0.15, 0.2) is 30.5 Å². The minimum Gasteiger partial charge on any atom is -0.493 e. The molecule has 0 radical (unpaired) electrons. The molecule has 0 amide bonds. The highest BCUT2D eigenvalue weighted by Crippen LogP contribution is 2.32. The Morgan fingerprint density at radius 1 is 1.21 bits per heavy atom. The Balaban J connectivity index is 1.32. The zero-order chi connectivity index (χ0) is 19.1. The fourth-order valence-electron chi connectivity index (χ4n) is 3.97. The molecule has 5 rings (SSSR count). The number of hydrogen-bond acceptors (Lipinski definition) is 5. The zero-order valence-electron chi connectivity index (χ0n) is 15.4. The number of fused-ring (bicyclic) bond motifs is 2. The third-order valence-electron chi connectivity index (χ3n) is 5.41. The summed E-state index contributed by atoms with van der Waals surface area (Å²) in [5.74, 6) is 1.60. The third-order valence-corrected chi connectivity index (χ3v) is 5.72. The van der Waals surface area contributed by atoms with E-state index < -0.39 is 5.82 Å². The first-order valence-electron chi connectivity index (χ1n) is 9.58. The molecular weight excluding hydrogens is 381 g/mol. The van der Waals surface area contributed by atoms with E-state index in [9.17, 15) is 4.39 Å². The van der Waals surface area contributed by atoms with Gasteiger partial charge in [-0.1, -0.05) is 11.6 Å². The second kappa shape index (κ2) is 7.22. The second-order valence-electron chi connectivity index (χ2n) is 7.37. The lowest BCUT2D eigenvalue weighted by Crippen LogP contribution is -2.50. The Labute approximate surface area is 167 Å². The van der Waals surface area contributed by atoms with Crippen LogP contribution in [-0.4, -0.2) is 47.4 Å². The van der Waals surface area contributed by atoms with Crippen molar-refractivity contribution in [2.75, 3.05) is 37.7 Å². The highest BCUT2D eigenvalue weighted by Gasteiger charge is 2.32. The summed E-state index contributed by atoms with van der Waals surface area (Å²) in [5.41, 5.74) is 3.36. The Bertz CT molecular complexity index is 1020. The molecule has 1 saturated heterocycles. The van der Waals surface area contributed by atoms with Crippen LogP contribution in [0.2, 0.25) is 5.02 Å². The standard InChI is InChI=1S/C20H21ClFN5O/c21-16-2-1-14(9-17(16)22)28-12-13-10-26(11-13)20-15-3-6-23-7-4-18(15)25-19-5-8-24-27(19)20/h1-2,5,8-9,13,23H,3-4,6-7,10-12H2. The molecule has 2 aliphatic heterocycles. The summed E-state index contributed by atoms with van der Waals surface area (Å²) in [6.07, 6.45) is 3.70. The first-order valence-corrected chi connectivity index (χ1v) is 9.96. The molecule has 3 aromatic rings. The van der Waals surface area contributed by atoms with Gasteiger partial charge in [-0.05, 0) is 25.1 Å². The molecule has 2 aromatic heterocycles. The molecule has 4 heterocycles. The van der Waals surface area contributed by atoms with Gasteiger partial charge in [0.15, 0.2) is 5.65 Å². The van der Waals surface area contributed by atoms with Crippen LogP contribution in [0.5, 0.6) is 5.75 Å². The lowest BCUT2D eigenvalue weighted by molar-refractivity contribution is 0.219. The van der Waals surface area contributed by atoms with Crippen LogP contribution in [0.4, 0.5) is 10.2 Å². The summed E-state index contributed by atoms with van der Waals surface area (Å²) in [6.45, 7) is 4.23. The predicted octanol–water partition coefficient (Wildman–Crippen LogP) is 2.73. The highest BCUT2D eigenvalue weighted by atomic mass is 35.5. The van der Waals surface area contributed by atoms with Gasteiger partial charge >= 0.3 is 0 Å². The van der Waals surface area contributed by atoms with Crippen LogP contribution in [0.1, 0.15) is 11.3 Å². The summed E-state index contributed by atoms with van der Waals surface area (Å²) in [7, 11) is 0. The van der Waals surface area contributed by atoms with Crippen molar-refractivity contribution in [2.24, 2.45) is 5.92 Å². The Kier molecular flexibility index (Phi) is 4.56. The molecule has 0 bridgehead atoms. The minimum atomic E-state index is -0.455. The van der Waals surface area contributed by atoms with Crippen molar-refractivity contribution < 1.29 is 9.13 Å². The van der Waals surface area contributed by atoms with Crippen LogP contribution in [-0.2, 0) is 12.8 Å². The molecule has 0 unspecified atom stereocenters. The molecule has 1 fully saturated rings. The molecular formula is C20H21ClFN5O. The van der Waals surface area contributed by atoms with E-state index in [4.69, 9.17) is 21.3 Å². The average molecular weight is 402 g/mol. The predicted molar refractivity (Wildman–Crippen MR) is 106 cm³/mol. The minimum absolute atomic E-state index is 0.110. The van der Waals surface area contributed by atoms with Gasteiger partial charge in [0, 0.05) is 49.7 Å². The van der Waals surface area contributed by atoms with Gasteiger partial charge in [0.05, 0.1) is 23.5 Å². The molecule has 28 heavy (non-hydrogen) atoms. The highest BCUT2D eigenvalue weighted by molar-refractivity contribution is 6.30. The van der Waals surface area contributed by atoms with E-state index in [-0.39, 0.29) is 5.02 Å². The Morgan fingerprint density at radius 3 is 2.93 bits per heavy atom. The number of aromatic nitrogens is 3. The van der Waals surface area contributed by atoms with Gasteiger partial charge < -0.3 is 15.0 Å². The lowest BCUT2D eigenvalue weighted by Gasteiger charge is -2.41. The maximum Gasteiger partial charge on any atom is 0.157 e. The number of anilines is 1. The normalized spacial score (nSPS) is 17.3. The topological polar surface area (TPSA) is 54.7 Å². The number of nitrogens with zero attached hydrogens (tertiary/aromatic N) is 4. The third kappa shape index (κ3) is 3.18. The van der Waals surface area contributed by atoms with E-state index in [1.54, 1.807) is 12.3 Å². The van der Waals surface area contributed by atoms with E-state index in [0.717, 1.165) is 50.5 Å². The van der Waals surface area contributed by atoms with E-state index >= 15 is 0 Å². The van der Waals surface area contributed by atoms with Gasteiger partial charge in [0.25, 0.3) is 0 Å². The largest absolute Gasteiger partial charge is 0.493 e. The number of benzene rings is 1. The number of halogens is 2. The maximum absolute atomic E-state index is 13.6. The molecule has 146 valence electrons. The monoisotopic (exact) mass is 401 g/mol. The molecule has 6 nitrogen and oxygen atoms in total. The van der Waals surface area contributed by atoms with E-state index in [1.165, 1.54) is 23.4 Å². The van der Waals surface area contributed by atoms with Crippen molar-refractivity contribution >= 4 is 23.1 Å². The van der Waals surface area contributed by atoms with Gasteiger partial charge in [-0.2, -0.15) is 9.61 Å². The fraction of sp³-hybridized carbons (Fsp3) is 0.400. The van der Waals surface area contributed by atoms with E-state index in [1.807, 2.05) is 10.6 Å². The molecule has 0 aliphatic carbocycles. The van der Waals surface area contributed by atoms with Gasteiger partial charge in [0.2, 0.25) is 0 Å². The summed E-state index contributed by atoms with van der Waals surface area (Å²) in [5, 5.41) is 8.06. The van der Waals surface area contributed by atoms with Crippen LogP contribution < -0.4 is 15.0 Å². The number of nitrogens with one attached hydrogen (secondary N) is 1. The van der Waals surface area contributed by atoms with Gasteiger partial charge in [0.1, 0.15) is 17.4 Å². The van der Waals surface area contributed by atoms with Crippen LogP contribution in [0.25, 0.3) is 5.65 Å². The number of hydrogen-bond donors (Lipinski definition) is 1. The van der Waals surface area contributed by atoms with Crippen molar-refractivity contribution in [2.45, 2.75) is 12.8 Å². The summed E-state index contributed by atoms with van der Waals surface area (Å²) < 4.78 is 21.3. The molecule has 0 spiro atoms. The molecule has 0 saturated carbocycles. The lowest BCUT2D eigenvalue weighted by atomic mass is 9.99. The first kappa shape index (κ1) is 17.7. The van der Waals surface area contributed by atoms with E-state index in [0.29, 0.717) is 18.3 Å². The molecule has 2 aliphatic rings. The van der Waals surface area contributed by atoms with Gasteiger partial charge in [-0.15, -0.1) is 0 Å². The summed E-state index contributed by atoms with van der Waals surface area (Å²) in [6, 6.07) is 6.51. The Hall–Kier alpha value is -2.38. The van der Waals surface area contributed by atoms with Crippen molar-refractivity contribution in [1.29, 1.82) is 0 Å². The molecule has 1 aromatic carbocycles. The molecule has 1 N–H and O–H groups in total. The van der Waals surface area contributed by atoms with Crippen molar-refractivity contribution in [3.8, 4) is 5.75 Å². The number of ether oxygens (including phenoxy) is 1. The van der Waals surface area contributed by atoms with Crippen LogP contribution in [0.3, 0.4) is 0 Å². The Morgan fingerprint density at radius 2 is 2.07 bits per heavy atom. The number of rotatable bonds is 4. The van der Waals surface area contributed by atoms with Crippen molar-refractivity contribution in [1.82, 2.24) is 19.9 Å². The van der Waals surface area contributed by atoms with Crippen molar-refractivity contribution in [3.63, 3.8) is 0 Å². The van der Waals surface area contributed by atoms with Gasteiger partial charge in [-0.3, -0.25) is 0 Å². The maximum atomic E-state index is 13.6. The van der Waals surface area contributed by atoms with E-state index in [2.05, 4.69) is 15.3 Å². The average Bonchev–Trinajstić information content (AvgIpc) is 2.99.